The molecule has 0 fully saturated rings. The number of benzene rings is 1. The molecular weight excluding hydrogens is 282 g/mol. The van der Waals surface area contributed by atoms with Gasteiger partial charge in [-0.1, -0.05) is 34.1 Å². The number of hydrogen-bond acceptors (Lipinski definition) is 2. The molecule has 0 bridgehead atoms. The van der Waals surface area contributed by atoms with Gasteiger partial charge in [0.25, 0.3) is 5.91 Å². The Morgan fingerprint density at radius 2 is 2.24 bits per heavy atom. The third kappa shape index (κ3) is 2.55. The van der Waals surface area contributed by atoms with E-state index in [2.05, 4.69) is 31.4 Å². The lowest BCUT2D eigenvalue weighted by Gasteiger charge is -2.08. The number of anilines is 1. The first-order valence-electron chi connectivity index (χ1n) is 5.17. The third-order valence-corrected chi connectivity index (χ3v) is 3.09. The molecule has 5 heteroatoms. The predicted octanol–water partition coefficient (Wildman–Crippen LogP) is 2.87. The Morgan fingerprint density at radius 3 is 2.88 bits per heavy atom. The summed E-state index contributed by atoms with van der Waals surface area (Å²) >= 11 is 3.39. The van der Waals surface area contributed by atoms with Gasteiger partial charge in [0.1, 0.15) is 0 Å². The number of aromatic amines is 1. The van der Waals surface area contributed by atoms with E-state index in [-0.39, 0.29) is 5.91 Å². The van der Waals surface area contributed by atoms with Crippen LogP contribution in [0, 0.1) is 6.92 Å². The van der Waals surface area contributed by atoms with E-state index in [1.54, 1.807) is 0 Å². The molecule has 0 aliphatic carbocycles. The SMILES string of the molecule is Cc1[nH]ncc1C(=O)Nc1ccccc1CBr. The molecule has 0 atom stereocenters. The largest absolute Gasteiger partial charge is 0.322 e. The summed E-state index contributed by atoms with van der Waals surface area (Å²) in [5.74, 6) is -0.148. The lowest BCUT2D eigenvalue weighted by molar-refractivity contribution is 0.102. The Labute approximate surface area is 108 Å². The second-order valence-electron chi connectivity index (χ2n) is 3.65. The average molecular weight is 294 g/mol. The maximum Gasteiger partial charge on any atom is 0.259 e. The third-order valence-electron chi connectivity index (χ3n) is 2.48. The van der Waals surface area contributed by atoms with E-state index in [0.29, 0.717) is 10.9 Å². The van der Waals surface area contributed by atoms with Crippen molar-refractivity contribution in [3.8, 4) is 0 Å². The highest BCUT2D eigenvalue weighted by Gasteiger charge is 2.12. The number of amides is 1. The molecular formula is C12H12BrN3O. The standard InChI is InChI=1S/C12H12BrN3O/c1-8-10(7-14-16-8)12(17)15-11-5-3-2-4-9(11)6-13/h2-5,7H,6H2,1H3,(H,14,16)(H,15,17). The van der Waals surface area contributed by atoms with Gasteiger partial charge in [-0.2, -0.15) is 5.10 Å². The molecule has 0 unspecified atom stereocenters. The van der Waals surface area contributed by atoms with Crippen LogP contribution in [0.4, 0.5) is 5.69 Å². The first-order chi connectivity index (χ1) is 8.22. The second kappa shape index (κ2) is 5.14. The van der Waals surface area contributed by atoms with Gasteiger partial charge in [0.15, 0.2) is 0 Å². The minimum Gasteiger partial charge on any atom is -0.322 e. The van der Waals surface area contributed by atoms with Crippen LogP contribution in [0.25, 0.3) is 0 Å². The molecule has 1 heterocycles. The van der Waals surface area contributed by atoms with Crippen LogP contribution in [-0.4, -0.2) is 16.1 Å². The predicted molar refractivity (Wildman–Crippen MR) is 70.4 cm³/mol. The molecule has 0 spiro atoms. The molecule has 4 nitrogen and oxygen atoms in total. The van der Waals surface area contributed by atoms with E-state index in [9.17, 15) is 4.79 Å². The van der Waals surface area contributed by atoms with Crippen molar-refractivity contribution in [1.29, 1.82) is 0 Å². The summed E-state index contributed by atoms with van der Waals surface area (Å²) in [5.41, 5.74) is 3.19. The maximum atomic E-state index is 12.0. The van der Waals surface area contributed by atoms with Gasteiger partial charge in [-0.15, -0.1) is 0 Å². The molecule has 2 aromatic rings. The van der Waals surface area contributed by atoms with E-state index < -0.39 is 0 Å². The number of carbonyl (C=O) groups is 1. The highest BCUT2D eigenvalue weighted by Crippen LogP contribution is 2.19. The molecule has 0 aliphatic rings. The molecule has 0 saturated carbocycles. The van der Waals surface area contributed by atoms with Crippen LogP contribution in [0.3, 0.4) is 0 Å². The number of rotatable bonds is 3. The van der Waals surface area contributed by atoms with Crippen LogP contribution >= 0.6 is 15.9 Å². The van der Waals surface area contributed by atoms with Gasteiger partial charge >= 0.3 is 0 Å². The maximum absolute atomic E-state index is 12.0. The van der Waals surface area contributed by atoms with E-state index in [1.165, 1.54) is 6.20 Å². The van der Waals surface area contributed by atoms with Gasteiger partial charge < -0.3 is 5.32 Å². The van der Waals surface area contributed by atoms with Crippen LogP contribution in [0.1, 0.15) is 21.6 Å². The molecule has 0 aliphatic heterocycles. The van der Waals surface area contributed by atoms with Gasteiger partial charge in [-0.3, -0.25) is 9.89 Å². The van der Waals surface area contributed by atoms with Crippen molar-refractivity contribution < 1.29 is 4.79 Å². The number of nitrogens with zero attached hydrogens (tertiary/aromatic N) is 1. The zero-order valence-corrected chi connectivity index (χ0v) is 10.9. The molecule has 1 amide bonds. The summed E-state index contributed by atoms with van der Waals surface area (Å²) in [7, 11) is 0. The molecule has 17 heavy (non-hydrogen) atoms. The highest BCUT2D eigenvalue weighted by molar-refractivity contribution is 9.08. The number of H-pyrrole nitrogens is 1. The topological polar surface area (TPSA) is 57.8 Å². The summed E-state index contributed by atoms with van der Waals surface area (Å²) in [5, 5.41) is 10.2. The van der Waals surface area contributed by atoms with Gasteiger partial charge in [-0.25, -0.2) is 0 Å². The van der Waals surface area contributed by atoms with Gasteiger partial charge in [0, 0.05) is 16.7 Å². The van der Waals surface area contributed by atoms with Crippen LogP contribution in [0.15, 0.2) is 30.5 Å². The van der Waals surface area contributed by atoms with Crippen molar-refractivity contribution in [2.75, 3.05) is 5.32 Å². The van der Waals surface area contributed by atoms with Crippen molar-refractivity contribution in [3.05, 3.63) is 47.3 Å². The molecule has 0 saturated heterocycles. The van der Waals surface area contributed by atoms with Crippen molar-refractivity contribution in [2.45, 2.75) is 12.3 Å². The summed E-state index contributed by atoms with van der Waals surface area (Å²) < 4.78 is 0. The number of alkyl halides is 1. The van der Waals surface area contributed by atoms with Crippen LogP contribution in [0.5, 0.6) is 0 Å². The molecule has 2 N–H and O–H groups in total. The Kier molecular flexibility index (Phi) is 3.58. The Morgan fingerprint density at radius 1 is 1.47 bits per heavy atom. The quantitative estimate of drug-likeness (QED) is 0.855. The normalized spacial score (nSPS) is 10.2. The summed E-state index contributed by atoms with van der Waals surface area (Å²) in [6.45, 7) is 1.82. The fraction of sp³-hybridized carbons (Fsp3) is 0.167. The first-order valence-corrected chi connectivity index (χ1v) is 6.29. The number of carbonyl (C=O) groups excluding carboxylic acids is 1. The molecule has 1 aromatic carbocycles. The summed E-state index contributed by atoms with van der Waals surface area (Å²) in [4.78, 5) is 12.0. The van der Waals surface area contributed by atoms with Crippen LogP contribution in [-0.2, 0) is 5.33 Å². The fourth-order valence-electron chi connectivity index (χ4n) is 1.53. The zero-order chi connectivity index (χ0) is 12.3. The van der Waals surface area contributed by atoms with Crippen molar-refractivity contribution >= 4 is 27.5 Å². The van der Waals surface area contributed by atoms with Crippen LogP contribution < -0.4 is 5.32 Å². The monoisotopic (exact) mass is 293 g/mol. The van der Waals surface area contributed by atoms with Crippen molar-refractivity contribution in [1.82, 2.24) is 10.2 Å². The minimum atomic E-state index is -0.148. The molecule has 88 valence electrons. The van der Waals surface area contributed by atoms with Gasteiger partial charge in [0.05, 0.1) is 11.8 Å². The fourth-order valence-corrected chi connectivity index (χ4v) is 2.02. The lowest BCUT2D eigenvalue weighted by Crippen LogP contribution is -2.13. The number of aromatic nitrogens is 2. The Bertz CT molecular complexity index is 536. The minimum absolute atomic E-state index is 0.148. The Balaban J connectivity index is 2.22. The lowest BCUT2D eigenvalue weighted by atomic mass is 10.2. The van der Waals surface area contributed by atoms with E-state index in [4.69, 9.17) is 0 Å². The number of aryl methyl sites for hydroxylation is 1. The van der Waals surface area contributed by atoms with E-state index in [0.717, 1.165) is 16.9 Å². The van der Waals surface area contributed by atoms with E-state index >= 15 is 0 Å². The molecule has 2 rings (SSSR count). The number of hydrogen-bond donors (Lipinski definition) is 2. The average Bonchev–Trinajstić information content (AvgIpc) is 2.76. The first kappa shape index (κ1) is 11.9. The summed E-state index contributed by atoms with van der Waals surface area (Å²) in [6.07, 6.45) is 1.53. The van der Waals surface area contributed by atoms with Gasteiger partial charge in [-0.05, 0) is 18.6 Å². The highest BCUT2D eigenvalue weighted by atomic mass is 79.9. The smallest absolute Gasteiger partial charge is 0.259 e. The second-order valence-corrected chi connectivity index (χ2v) is 4.21. The number of halogens is 1. The van der Waals surface area contributed by atoms with Crippen molar-refractivity contribution in [3.63, 3.8) is 0 Å². The zero-order valence-electron chi connectivity index (χ0n) is 9.33. The van der Waals surface area contributed by atoms with Gasteiger partial charge in [0.2, 0.25) is 0 Å². The molecule has 1 aromatic heterocycles. The summed E-state index contributed by atoms with van der Waals surface area (Å²) in [6, 6.07) is 7.68. The van der Waals surface area contributed by atoms with Crippen LogP contribution in [0.2, 0.25) is 0 Å². The molecule has 0 radical (unpaired) electrons. The Hall–Kier alpha value is -1.62. The van der Waals surface area contributed by atoms with Crippen molar-refractivity contribution in [2.24, 2.45) is 0 Å². The number of para-hydroxylation sites is 1. The van der Waals surface area contributed by atoms with E-state index in [1.807, 2.05) is 31.2 Å². The number of nitrogens with one attached hydrogen (secondary N) is 2.